The maximum atomic E-state index is 9.75. The number of hydrogen-bond donors (Lipinski definition) is 0. The molecule has 1 aromatic carbocycles. The van der Waals surface area contributed by atoms with Gasteiger partial charge in [-0.3, -0.25) is 0 Å². The number of unbranched alkanes of at least 4 members (excludes halogenated alkanes) is 4. The van der Waals surface area contributed by atoms with Crippen molar-refractivity contribution in [2.24, 2.45) is 0 Å². The van der Waals surface area contributed by atoms with Crippen molar-refractivity contribution in [2.75, 3.05) is 0 Å². The van der Waals surface area contributed by atoms with Crippen LogP contribution in [0.15, 0.2) is 29.8 Å². The largest absolute Gasteiger partial charge is 0.673 e. The maximum absolute atomic E-state index is 9.75. The Morgan fingerprint density at radius 1 is 1.00 bits per heavy atom. The lowest BCUT2D eigenvalue weighted by molar-refractivity contribution is -0.667. The van der Waals surface area contributed by atoms with E-state index < -0.39 is 7.25 Å². The molecule has 0 unspecified atom stereocenters. The highest BCUT2D eigenvalue weighted by Crippen LogP contribution is 2.15. The smallest absolute Gasteiger partial charge is 0.418 e. The Morgan fingerprint density at radius 3 is 2.29 bits per heavy atom. The summed E-state index contributed by atoms with van der Waals surface area (Å²) in [5, 5.41) is 0. The number of nitrogens with zero attached hydrogens (tertiary/aromatic N) is 1. The monoisotopic (exact) mass is 321 g/mol. The topological polar surface area (TPSA) is 3.88 Å². The highest BCUT2D eigenvalue weighted by atomic mass is 32.1. The van der Waals surface area contributed by atoms with E-state index in [-0.39, 0.29) is 0 Å². The molecule has 1 aromatic heterocycles. The Hall–Kier alpha value is -1.11. The number of hydrogen-bond acceptors (Lipinski definition) is 1. The van der Waals surface area contributed by atoms with E-state index in [9.17, 15) is 17.3 Å². The number of benzene rings is 1. The van der Waals surface area contributed by atoms with Crippen molar-refractivity contribution in [3.8, 4) is 0 Å². The lowest BCUT2D eigenvalue weighted by atomic mass is 10.1. The van der Waals surface area contributed by atoms with Crippen molar-refractivity contribution >= 4 is 28.8 Å². The van der Waals surface area contributed by atoms with E-state index >= 15 is 0 Å². The number of halogens is 4. The van der Waals surface area contributed by atoms with E-state index in [2.05, 4.69) is 41.3 Å². The van der Waals surface area contributed by atoms with Crippen LogP contribution in [0.1, 0.15) is 39.0 Å². The van der Waals surface area contributed by atoms with Crippen molar-refractivity contribution in [1.82, 2.24) is 0 Å². The van der Waals surface area contributed by atoms with Gasteiger partial charge in [0.2, 0.25) is 11.0 Å². The third-order valence-corrected chi connectivity index (χ3v) is 3.94. The summed E-state index contributed by atoms with van der Waals surface area (Å²) in [6.45, 7) is 3.44. The van der Waals surface area contributed by atoms with Crippen LogP contribution in [0.25, 0.3) is 10.2 Å². The number of aromatic nitrogens is 1. The fourth-order valence-electron chi connectivity index (χ4n) is 2.03. The summed E-state index contributed by atoms with van der Waals surface area (Å²) < 4.78 is 42.8. The zero-order valence-electron chi connectivity index (χ0n) is 12.1. The average molecular weight is 321 g/mol. The molecule has 0 N–H and O–H groups in total. The van der Waals surface area contributed by atoms with Gasteiger partial charge < -0.3 is 17.3 Å². The molecule has 1 heterocycles. The first-order chi connectivity index (χ1) is 9.92. The molecule has 2 aromatic rings. The van der Waals surface area contributed by atoms with Crippen LogP contribution < -0.4 is 4.57 Å². The molecule has 0 aliphatic carbocycles. The van der Waals surface area contributed by atoms with Gasteiger partial charge >= 0.3 is 7.25 Å². The van der Waals surface area contributed by atoms with Crippen LogP contribution in [0.3, 0.4) is 0 Å². The van der Waals surface area contributed by atoms with Gasteiger partial charge in [0.1, 0.15) is 11.2 Å². The molecule has 1 nitrogen and oxygen atoms in total. The molecule has 0 spiro atoms. The summed E-state index contributed by atoms with van der Waals surface area (Å²) in [5.74, 6) is 0. The predicted octanol–water partition coefficient (Wildman–Crippen LogP) is 5.46. The molecule has 0 fully saturated rings. The van der Waals surface area contributed by atoms with Crippen molar-refractivity contribution < 1.29 is 21.8 Å². The van der Waals surface area contributed by atoms with Gasteiger partial charge in [0.25, 0.3) is 0 Å². The van der Waals surface area contributed by atoms with Gasteiger partial charge in [-0.25, -0.2) is 0 Å². The predicted molar refractivity (Wildman–Crippen MR) is 81.0 cm³/mol. The van der Waals surface area contributed by atoms with Gasteiger partial charge in [-0.15, -0.1) is 0 Å². The summed E-state index contributed by atoms with van der Waals surface area (Å²) in [5.41, 5.74) is 3.65. The lowest BCUT2D eigenvalue weighted by Crippen LogP contribution is -2.31. The van der Waals surface area contributed by atoms with Crippen LogP contribution in [-0.2, 0) is 6.54 Å². The number of fused-ring (bicyclic) bond motifs is 1. The molecule has 0 saturated carbocycles. The zero-order chi connectivity index (χ0) is 15.7. The second-order valence-corrected chi connectivity index (χ2v) is 5.68. The number of rotatable bonds is 6. The van der Waals surface area contributed by atoms with Crippen molar-refractivity contribution in [3.05, 3.63) is 29.8 Å². The maximum Gasteiger partial charge on any atom is 0.673 e. The van der Waals surface area contributed by atoms with Gasteiger partial charge in [0.05, 0.1) is 0 Å². The fourth-order valence-corrected chi connectivity index (χ4v) is 2.95. The fraction of sp³-hybridized carbons (Fsp3) is 0.500. The van der Waals surface area contributed by atoms with Crippen LogP contribution in [0.2, 0.25) is 0 Å². The van der Waals surface area contributed by atoms with Crippen LogP contribution in [-0.4, -0.2) is 7.25 Å². The molecule has 0 amide bonds. The average Bonchev–Trinajstić information content (AvgIpc) is 2.80. The van der Waals surface area contributed by atoms with Gasteiger partial charge in [-0.2, -0.15) is 4.57 Å². The molecular formula is C14H20BF4NS. The quantitative estimate of drug-likeness (QED) is 0.288. The Bertz CT molecular complexity index is 521. The van der Waals surface area contributed by atoms with E-state index in [1.54, 1.807) is 0 Å². The molecular weight excluding hydrogens is 301 g/mol. The van der Waals surface area contributed by atoms with Crippen LogP contribution in [0.5, 0.6) is 0 Å². The highest BCUT2D eigenvalue weighted by molar-refractivity contribution is 7.16. The number of para-hydroxylation sites is 1. The molecule has 0 aliphatic rings. The zero-order valence-corrected chi connectivity index (χ0v) is 12.9. The van der Waals surface area contributed by atoms with Gasteiger partial charge in [-0.05, 0) is 12.5 Å². The molecule has 0 atom stereocenters. The molecule has 0 radical (unpaired) electrons. The Labute approximate surface area is 126 Å². The third-order valence-electron chi connectivity index (χ3n) is 2.98. The second-order valence-electron chi connectivity index (χ2n) is 4.79. The summed E-state index contributed by atoms with van der Waals surface area (Å²) in [6.07, 6.45) is 6.78. The van der Waals surface area contributed by atoms with E-state index in [0.29, 0.717) is 0 Å². The van der Waals surface area contributed by atoms with Gasteiger partial charge in [0.15, 0.2) is 0 Å². The number of aryl methyl sites for hydroxylation is 1. The van der Waals surface area contributed by atoms with E-state index in [1.165, 1.54) is 48.9 Å². The van der Waals surface area contributed by atoms with Crippen molar-refractivity contribution in [3.63, 3.8) is 0 Å². The molecule has 0 saturated heterocycles. The highest BCUT2D eigenvalue weighted by Gasteiger charge is 2.20. The first-order valence-electron chi connectivity index (χ1n) is 7.15. The second kappa shape index (κ2) is 9.02. The van der Waals surface area contributed by atoms with E-state index in [0.717, 1.165) is 0 Å². The Kier molecular flexibility index (Phi) is 7.71. The number of thiazole rings is 1. The first kappa shape index (κ1) is 17.9. The standard InChI is InChI=1S/C14H20NS.BF4/c1-2-3-4-5-8-11-15-12-16-14-10-7-6-9-13(14)15;2-1(3,4)5/h6-7,9-10,12H,2-5,8,11H2,1H3;/q+1;-1. The summed E-state index contributed by atoms with van der Waals surface area (Å²) in [6, 6.07) is 8.67. The lowest BCUT2D eigenvalue weighted by Gasteiger charge is -1.96. The Balaban J connectivity index is 0.000000383. The van der Waals surface area contributed by atoms with Crippen molar-refractivity contribution in [2.45, 2.75) is 45.6 Å². The minimum Gasteiger partial charge on any atom is -0.418 e. The van der Waals surface area contributed by atoms with Crippen molar-refractivity contribution in [1.29, 1.82) is 0 Å². The van der Waals surface area contributed by atoms with Crippen LogP contribution in [0.4, 0.5) is 17.3 Å². The molecule has 0 aliphatic heterocycles. The normalized spacial score (nSPS) is 11.3. The van der Waals surface area contributed by atoms with Crippen LogP contribution >= 0.6 is 11.3 Å². The summed E-state index contributed by atoms with van der Waals surface area (Å²) in [7, 11) is -6.00. The Morgan fingerprint density at radius 2 is 1.62 bits per heavy atom. The molecule has 2 rings (SSSR count). The molecule has 21 heavy (non-hydrogen) atoms. The molecule has 7 heteroatoms. The SMILES string of the molecule is CCCCCCC[n+]1csc2ccccc21.F[B-](F)(F)F. The van der Waals surface area contributed by atoms with Gasteiger partial charge in [0, 0.05) is 12.5 Å². The molecule has 0 bridgehead atoms. The minimum absolute atomic E-state index is 1.17. The van der Waals surface area contributed by atoms with E-state index in [4.69, 9.17) is 0 Å². The summed E-state index contributed by atoms with van der Waals surface area (Å²) >= 11 is 1.85. The third kappa shape index (κ3) is 8.04. The first-order valence-corrected chi connectivity index (χ1v) is 8.02. The van der Waals surface area contributed by atoms with Gasteiger partial charge in [-0.1, -0.05) is 49.7 Å². The van der Waals surface area contributed by atoms with Crippen LogP contribution in [0, 0.1) is 0 Å². The molecule has 118 valence electrons. The minimum atomic E-state index is -6.00. The summed E-state index contributed by atoms with van der Waals surface area (Å²) in [4.78, 5) is 0. The van der Waals surface area contributed by atoms with E-state index in [1.807, 2.05) is 11.3 Å².